The summed E-state index contributed by atoms with van der Waals surface area (Å²) in [6.45, 7) is -0.354. The molecule has 2 heterocycles. The maximum atomic E-state index is 14.4. The zero-order valence-electron chi connectivity index (χ0n) is 19.5. The van der Waals surface area contributed by atoms with Crippen LogP contribution in [0.3, 0.4) is 0 Å². The molecule has 2 atom stereocenters. The average molecular weight is 565 g/mol. The van der Waals surface area contributed by atoms with Gasteiger partial charge in [-0.1, -0.05) is 35.9 Å². The molecule has 1 saturated carbocycles. The van der Waals surface area contributed by atoms with Crippen molar-refractivity contribution in [1.82, 2.24) is 10.3 Å². The second-order valence-electron chi connectivity index (χ2n) is 8.89. The third-order valence-corrected chi connectivity index (χ3v) is 7.21. The smallest absolute Gasteiger partial charge is 0.416 e. The van der Waals surface area contributed by atoms with Crippen molar-refractivity contribution in [3.63, 3.8) is 0 Å². The van der Waals surface area contributed by atoms with Crippen molar-refractivity contribution in [2.75, 3.05) is 16.4 Å². The van der Waals surface area contributed by atoms with E-state index in [1.807, 2.05) is 0 Å². The first-order chi connectivity index (χ1) is 18.1. The minimum atomic E-state index is -2.90. The van der Waals surface area contributed by atoms with E-state index >= 15 is 0 Å². The van der Waals surface area contributed by atoms with Gasteiger partial charge >= 0.3 is 6.09 Å². The number of hydrogen-bond acceptors (Lipinski definition) is 6. The molecule has 1 aliphatic carbocycles. The lowest BCUT2D eigenvalue weighted by Gasteiger charge is -2.39. The summed E-state index contributed by atoms with van der Waals surface area (Å²) in [7, 11) is 0. The third kappa shape index (κ3) is 5.05. The van der Waals surface area contributed by atoms with Crippen LogP contribution < -0.4 is 15.1 Å². The highest BCUT2D eigenvalue weighted by molar-refractivity contribution is 7.07. The van der Waals surface area contributed by atoms with Gasteiger partial charge in [0.15, 0.2) is 6.04 Å². The molecule has 198 valence electrons. The topological polar surface area (TPSA) is 91.8 Å². The molecule has 0 unspecified atom stereocenters. The molecule has 8 nitrogen and oxygen atoms in total. The number of carbonyl (C=O) groups is 3. The standard InChI is InChI=1S/C25H20ClF3N4O4S/c26-18-7-2-1-6-17(18)21(22(34)31-15-9-25(28,29)10-15)32(16-5-3-4-14(27)8-16)23(35)19-11-37-24(36)33(19)20-12-38-13-30-20/h1-8,12-13,15,19,21H,9-11H2,(H,31,34)/t19-,21-/m0/s1. The lowest BCUT2D eigenvalue weighted by atomic mass is 9.87. The van der Waals surface area contributed by atoms with Crippen molar-refractivity contribution in [3.05, 3.63) is 75.8 Å². The van der Waals surface area contributed by atoms with E-state index in [9.17, 15) is 27.6 Å². The monoisotopic (exact) mass is 564 g/mol. The second kappa shape index (κ2) is 10.3. The van der Waals surface area contributed by atoms with Gasteiger partial charge in [-0.05, 0) is 24.3 Å². The van der Waals surface area contributed by atoms with Crippen LogP contribution in [0.4, 0.5) is 29.5 Å². The SMILES string of the molecule is O=C(NC1CC(F)(F)C1)[C@H](c1ccccc1Cl)N(C(=O)[C@@H]1COC(=O)N1c1cscn1)c1cccc(F)c1. The number of hydrogen-bond donors (Lipinski definition) is 1. The quantitative estimate of drug-likeness (QED) is 0.438. The number of aromatic nitrogens is 1. The van der Waals surface area contributed by atoms with E-state index in [2.05, 4.69) is 10.3 Å². The van der Waals surface area contributed by atoms with Crippen molar-refractivity contribution >= 4 is 52.4 Å². The largest absolute Gasteiger partial charge is 0.446 e. The molecule has 38 heavy (non-hydrogen) atoms. The van der Waals surface area contributed by atoms with Crippen molar-refractivity contribution in [3.8, 4) is 0 Å². The molecule has 1 aliphatic heterocycles. The van der Waals surface area contributed by atoms with Crippen molar-refractivity contribution in [2.45, 2.75) is 36.9 Å². The van der Waals surface area contributed by atoms with Gasteiger partial charge in [0.05, 0.1) is 5.51 Å². The normalized spacial score (nSPS) is 19.4. The number of halogens is 4. The number of anilines is 2. The Morgan fingerprint density at radius 1 is 1.21 bits per heavy atom. The van der Waals surface area contributed by atoms with E-state index in [4.69, 9.17) is 16.3 Å². The molecule has 2 fully saturated rings. The predicted molar refractivity (Wildman–Crippen MR) is 134 cm³/mol. The molecule has 0 radical (unpaired) electrons. The van der Waals surface area contributed by atoms with Gasteiger partial charge in [0.2, 0.25) is 5.91 Å². The lowest BCUT2D eigenvalue weighted by molar-refractivity contribution is -0.133. The summed E-state index contributed by atoms with van der Waals surface area (Å²) in [6.07, 6.45) is -1.92. The molecule has 0 bridgehead atoms. The molecule has 0 spiro atoms. The highest BCUT2D eigenvalue weighted by Gasteiger charge is 2.49. The number of ether oxygens (including phenoxy) is 1. The van der Waals surface area contributed by atoms with Crippen LogP contribution in [0.15, 0.2) is 59.4 Å². The number of alkyl halides is 2. The zero-order valence-corrected chi connectivity index (χ0v) is 21.1. The molecule has 2 aromatic carbocycles. The fourth-order valence-corrected chi connectivity index (χ4v) is 5.27. The van der Waals surface area contributed by atoms with Gasteiger partial charge in [-0.25, -0.2) is 27.8 Å². The molecule has 1 N–H and O–H groups in total. The molecule has 1 saturated heterocycles. The molecule has 3 aromatic rings. The lowest BCUT2D eigenvalue weighted by Crippen LogP contribution is -2.56. The van der Waals surface area contributed by atoms with Gasteiger partial charge < -0.3 is 10.1 Å². The van der Waals surface area contributed by atoms with Crippen molar-refractivity contribution < 1.29 is 32.3 Å². The molecule has 5 rings (SSSR count). The van der Waals surface area contributed by atoms with Gasteiger partial charge in [0.1, 0.15) is 24.3 Å². The summed E-state index contributed by atoms with van der Waals surface area (Å²) in [5, 5.41) is 4.24. The summed E-state index contributed by atoms with van der Waals surface area (Å²) in [5.74, 6) is -4.99. The summed E-state index contributed by atoms with van der Waals surface area (Å²) < 4.78 is 46.5. The molecule has 3 amide bonds. The second-order valence-corrected chi connectivity index (χ2v) is 10.0. The average Bonchev–Trinajstić information content (AvgIpc) is 3.51. The number of benzene rings is 2. The Bertz CT molecular complexity index is 1370. The summed E-state index contributed by atoms with van der Waals surface area (Å²) >= 11 is 7.64. The molecule has 2 aliphatic rings. The molecule has 1 aromatic heterocycles. The van der Waals surface area contributed by atoms with Crippen LogP contribution in [0.25, 0.3) is 0 Å². The number of nitrogens with one attached hydrogen (secondary N) is 1. The van der Waals surface area contributed by atoms with E-state index in [0.29, 0.717) is 0 Å². The number of cyclic esters (lactones) is 1. The van der Waals surface area contributed by atoms with E-state index in [1.165, 1.54) is 41.1 Å². The molecular formula is C25H20ClF3N4O4S. The van der Waals surface area contributed by atoms with Crippen LogP contribution in [0.5, 0.6) is 0 Å². The van der Waals surface area contributed by atoms with Gasteiger partial charge in [-0.3, -0.25) is 14.5 Å². The fourth-order valence-electron chi connectivity index (χ4n) is 4.51. The Labute approximate surface area is 224 Å². The number of amides is 3. The van der Waals surface area contributed by atoms with Crippen molar-refractivity contribution in [2.24, 2.45) is 0 Å². The maximum absolute atomic E-state index is 14.4. The Morgan fingerprint density at radius 3 is 2.63 bits per heavy atom. The minimum Gasteiger partial charge on any atom is -0.446 e. The van der Waals surface area contributed by atoms with Gasteiger partial charge in [-0.2, -0.15) is 0 Å². The number of rotatable bonds is 7. The fraction of sp³-hybridized carbons (Fsp3) is 0.280. The highest BCUT2D eigenvalue weighted by atomic mass is 35.5. The van der Waals surface area contributed by atoms with Crippen molar-refractivity contribution in [1.29, 1.82) is 0 Å². The highest BCUT2D eigenvalue weighted by Crippen LogP contribution is 2.39. The van der Waals surface area contributed by atoms with Crippen LogP contribution >= 0.6 is 22.9 Å². The first-order valence-corrected chi connectivity index (χ1v) is 12.8. The van der Waals surface area contributed by atoms with Gasteiger partial charge in [-0.15, -0.1) is 11.3 Å². The summed E-state index contributed by atoms with van der Waals surface area (Å²) in [4.78, 5) is 46.6. The van der Waals surface area contributed by atoms with Gasteiger partial charge in [0.25, 0.3) is 11.8 Å². The summed E-state index contributed by atoms with van der Waals surface area (Å²) in [5.41, 5.74) is 1.65. The summed E-state index contributed by atoms with van der Waals surface area (Å²) in [6, 6.07) is 7.66. The zero-order chi connectivity index (χ0) is 27.0. The Balaban J connectivity index is 1.59. The van der Waals surface area contributed by atoms with Crippen LogP contribution in [-0.2, 0) is 14.3 Å². The number of thiazole rings is 1. The first-order valence-electron chi connectivity index (χ1n) is 11.5. The van der Waals surface area contributed by atoms with Crippen LogP contribution in [0.1, 0.15) is 24.4 Å². The number of nitrogens with zero attached hydrogens (tertiary/aromatic N) is 3. The maximum Gasteiger partial charge on any atom is 0.416 e. The third-order valence-electron chi connectivity index (χ3n) is 6.29. The van der Waals surface area contributed by atoms with Crippen LogP contribution in [0, 0.1) is 5.82 Å². The molecular weight excluding hydrogens is 545 g/mol. The van der Waals surface area contributed by atoms with Crippen LogP contribution in [0.2, 0.25) is 5.02 Å². The molecule has 13 heteroatoms. The van der Waals surface area contributed by atoms with E-state index < -0.39 is 60.6 Å². The minimum absolute atomic E-state index is 0.00779. The Kier molecular flexibility index (Phi) is 7.01. The Hall–Kier alpha value is -3.64. The van der Waals surface area contributed by atoms with Gasteiger partial charge in [0, 0.05) is 40.5 Å². The first kappa shape index (κ1) is 26.0. The Morgan fingerprint density at radius 2 is 1.97 bits per heavy atom. The van der Waals surface area contributed by atoms with Crippen LogP contribution in [-0.4, -0.2) is 47.5 Å². The van der Waals surface area contributed by atoms with E-state index in [-0.39, 0.29) is 28.7 Å². The van der Waals surface area contributed by atoms with E-state index in [1.54, 1.807) is 17.5 Å². The predicted octanol–water partition coefficient (Wildman–Crippen LogP) is 4.95. The number of carbonyl (C=O) groups excluding carboxylic acids is 3. The van der Waals surface area contributed by atoms with E-state index in [0.717, 1.165) is 21.9 Å².